The Morgan fingerprint density at radius 2 is 2.09 bits per heavy atom. The Bertz CT molecular complexity index is 927. The molecule has 1 aliphatic carbocycles. The summed E-state index contributed by atoms with van der Waals surface area (Å²) in [7, 11) is 0. The molecule has 0 amide bonds. The number of hydrogen-bond acceptors (Lipinski definition) is 6. The van der Waals surface area contributed by atoms with E-state index in [2.05, 4.69) is 40.9 Å². The highest BCUT2D eigenvalue weighted by atomic mass is 16.5. The van der Waals surface area contributed by atoms with Crippen LogP contribution in [-0.4, -0.2) is 43.0 Å². The van der Waals surface area contributed by atoms with Crippen molar-refractivity contribution in [1.82, 2.24) is 0 Å². The van der Waals surface area contributed by atoms with Crippen molar-refractivity contribution < 1.29 is 28.9 Å². The number of esters is 1. The van der Waals surface area contributed by atoms with E-state index in [-0.39, 0.29) is 18.0 Å². The summed E-state index contributed by atoms with van der Waals surface area (Å²) in [6.07, 6.45) is 9.75. The Balaban J connectivity index is 1.50. The van der Waals surface area contributed by atoms with Crippen molar-refractivity contribution in [3.63, 3.8) is 0 Å². The Morgan fingerprint density at radius 1 is 1.26 bits per heavy atom. The molecule has 1 N–H and O–H groups in total. The Labute approximate surface area is 209 Å². The van der Waals surface area contributed by atoms with Crippen LogP contribution in [0.1, 0.15) is 75.8 Å². The van der Waals surface area contributed by atoms with Crippen LogP contribution >= 0.6 is 0 Å². The van der Waals surface area contributed by atoms with Gasteiger partial charge in [0, 0.05) is 24.3 Å². The lowest BCUT2D eigenvalue weighted by Gasteiger charge is -2.17. The van der Waals surface area contributed by atoms with Crippen molar-refractivity contribution in [3.05, 3.63) is 41.5 Å². The number of aliphatic hydroxyl groups is 1. The highest BCUT2D eigenvalue weighted by molar-refractivity contribution is 5.69. The van der Waals surface area contributed by atoms with Crippen molar-refractivity contribution in [2.45, 2.75) is 83.3 Å². The molecule has 0 spiro atoms. The maximum atomic E-state index is 12.0. The first-order valence-corrected chi connectivity index (χ1v) is 12.8. The van der Waals surface area contributed by atoms with E-state index in [1.54, 1.807) is 0 Å². The van der Waals surface area contributed by atoms with E-state index in [4.69, 9.17) is 9.47 Å². The minimum atomic E-state index is -0.493. The molecular weight excluding hydrogens is 444 g/mol. The molecule has 0 radical (unpaired) electrons. The molecule has 0 saturated heterocycles. The van der Waals surface area contributed by atoms with Gasteiger partial charge in [0.25, 0.3) is 6.47 Å². The average Bonchev–Trinajstić information content (AvgIpc) is 3.43. The van der Waals surface area contributed by atoms with Crippen molar-refractivity contribution in [2.75, 3.05) is 13.2 Å². The molecule has 1 saturated carbocycles. The van der Waals surface area contributed by atoms with Crippen LogP contribution in [0.3, 0.4) is 0 Å². The summed E-state index contributed by atoms with van der Waals surface area (Å²) in [6, 6.07) is 6.33. The van der Waals surface area contributed by atoms with Crippen LogP contribution in [0.15, 0.2) is 30.4 Å². The van der Waals surface area contributed by atoms with Gasteiger partial charge in [0.1, 0.15) is 11.9 Å². The molecule has 5 atom stereocenters. The second-order valence-corrected chi connectivity index (χ2v) is 9.49. The highest BCUT2D eigenvalue weighted by Gasteiger charge is 2.44. The number of allylic oxidation sites excluding steroid dienone is 1. The summed E-state index contributed by atoms with van der Waals surface area (Å²) >= 11 is 0. The summed E-state index contributed by atoms with van der Waals surface area (Å²) in [5.41, 5.74) is 2.39. The summed E-state index contributed by atoms with van der Waals surface area (Å²) in [6.45, 7) is 4.98. The fourth-order valence-corrected chi connectivity index (χ4v) is 4.98. The van der Waals surface area contributed by atoms with E-state index in [0.29, 0.717) is 63.6 Å². The van der Waals surface area contributed by atoms with Crippen molar-refractivity contribution >= 4 is 12.4 Å². The molecule has 3 rings (SSSR count). The van der Waals surface area contributed by atoms with E-state index in [1.807, 2.05) is 19.9 Å². The third-order valence-corrected chi connectivity index (χ3v) is 6.96. The first-order chi connectivity index (χ1) is 17.0. The number of fused-ring (bicyclic) bond motifs is 3. The molecule has 1 aromatic carbocycles. The third kappa shape index (κ3) is 7.60. The topological polar surface area (TPSA) is 82.1 Å². The quantitative estimate of drug-likeness (QED) is 0.136. The van der Waals surface area contributed by atoms with Gasteiger partial charge in [-0.25, -0.2) is 0 Å². The number of ether oxygens (including phenoxy) is 3. The number of carbonyl (C=O) groups excluding carboxylic acids is 2. The van der Waals surface area contributed by atoms with Gasteiger partial charge < -0.3 is 19.3 Å². The Morgan fingerprint density at radius 3 is 2.89 bits per heavy atom. The van der Waals surface area contributed by atoms with Crippen LogP contribution < -0.4 is 4.74 Å². The summed E-state index contributed by atoms with van der Waals surface area (Å²) in [5, 5.41) is 10.5. The zero-order valence-electron chi connectivity index (χ0n) is 20.9. The molecule has 5 unspecified atom stereocenters. The maximum Gasteiger partial charge on any atom is 0.305 e. The molecule has 6 heteroatoms. The molecule has 35 heavy (non-hydrogen) atoms. The number of hydrogen-bond donors (Lipinski definition) is 1. The number of benzene rings is 1. The number of aryl methyl sites for hydroxylation is 1. The van der Waals surface area contributed by atoms with E-state index < -0.39 is 6.10 Å². The molecule has 6 nitrogen and oxygen atoms in total. The zero-order chi connectivity index (χ0) is 25.0. The lowest BCUT2D eigenvalue weighted by atomic mass is 9.86. The number of carbonyl (C=O) groups is 2. The van der Waals surface area contributed by atoms with Gasteiger partial charge in [-0.2, -0.15) is 0 Å². The first-order valence-electron chi connectivity index (χ1n) is 12.8. The smallest absolute Gasteiger partial charge is 0.305 e. The molecule has 1 fully saturated rings. The highest BCUT2D eigenvalue weighted by Crippen LogP contribution is 2.51. The zero-order valence-corrected chi connectivity index (χ0v) is 20.9. The van der Waals surface area contributed by atoms with Gasteiger partial charge in [-0.1, -0.05) is 37.3 Å². The van der Waals surface area contributed by atoms with Crippen LogP contribution in [0.5, 0.6) is 5.75 Å². The lowest BCUT2D eigenvalue weighted by molar-refractivity contribution is -0.144. The summed E-state index contributed by atoms with van der Waals surface area (Å²) in [4.78, 5) is 22.1. The first kappa shape index (κ1) is 26.8. The van der Waals surface area contributed by atoms with Crippen molar-refractivity contribution in [3.8, 4) is 17.6 Å². The van der Waals surface area contributed by atoms with Crippen LogP contribution in [0.2, 0.25) is 0 Å². The normalized spacial score (nSPS) is 21.9. The standard InChI is InChI=1S/C29H38O6/c1-3-4-9-21(2)25(31)16-14-22-15-17-26-28(22)24-12-7-10-23(29(24)35-26)11-8-13-27(32)34-19-6-5-18-33-20-30/h7,10,12,14,16,20-22,25-26,28,31H,5-6,8-9,11,13,15,17-19H2,1-2H3/b16-14+. The van der Waals surface area contributed by atoms with Crippen molar-refractivity contribution in [1.29, 1.82) is 0 Å². The van der Waals surface area contributed by atoms with Gasteiger partial charge in [-0.3, -0.25) is 9.59 Å². The molecule has 0 bridgehead atoms. The van der Waals surface area contributed by atoms with Crippen molar-refractivity contribution in [2.24, 2.45) is 11.8 Å². The fourth-order valence-electron chi connectivity index (χ4n) is 4.98. The summed E-state index contributed by atoms with van der Waals surface area (Å²) in [5.74, 6) is 7.50. The fraction of sp³-hybridized carbons (Fsp3) is 0.586. The van der Waals surface area contributed by atoms with Gasteiger partial charge >= 0.3 is 5.97 Å². The molecular formula is C29H38O6. The van der Waals surface area contributed by atoms with E-state index in [0.717, 1.165) is 30.6 Å². The van der Waals surface area contributed by atoms with Crippen LogP contribution in [-0.2, 0) is 25.5 Å². The number of unbranched alkanes of at least 4 members (excludes halogenated alkanes) is 1. The minimum Gasteiger partial charge on any atom is -0.489 e. The number of aliphatic hydroxyl groups excluding tert-OH is 1. The Kier molecular flexibility index (Phi) is 10.7. The monoisotopic (exact) mass is 482 g/mol. The summed E-state index contributed by atoms with van der Waals surface area (Å²) < 4.78 is 16.3. The second-order valence-electron chi connectivity index (χ2n) is 9.49. The van der Waals surface area contributed by atoms with Gasteiger partial charge in [-0.05, 0) is 62.8 Å². The number of rotatable bonds is 14. The van der Waals surface area contributed by atoms with E-state index in [9.17, 15) is 14.7 Å². The SMILES string of the molecule is CC#CCC(C)C(O)/C=C/C1CCC2Oc3c(CCCC(=O)OCCCCOC=O)cccc3C12. The second kappa shape index (κ2) is 13.9. The van der Waals surface area contributed by atoms with Crippen LogP contribution in [0.25, 0.3) is 0 Å². The van der Waals surface area contributed by atoms with Crippen LogP contribution in [0, 0.1) is 23.7 Å². The predicted octanol–water partition coefficient (Wildman–Crippen LogP) is 4.73. The molecule has 1 heterocycles. The van der Waals surface area contributed by atoms with Crippen LogP contribution in [0.4, 0.5) is 0 Å². The van der Waals surface area contributed by atoms with Gasteiger partial charge in [0.15, 0.2) is 0 Å². The van der Waals surface area contributed by atoms with Gasteiger partial charge in [-0.15, -0.1) is 11.8 Å². The Hall–Kier alpha value is -2.78. The molecule has 1 aromatic rings. The van der Waals surface area contributed by atoms with Gasteiger partial charge in [0.05, 0.1) is 19.3 Å². The minimum absolute atomic E-state index is 0.109. The lowest BCUT2D eigenvalue weighted by Crippen LogP contribution is -2.17. The predicted molar refractivity (Wildman–Crippen MR) is 134 cm³/mol. The van der Waals surface area contributed by atoms with Gasteiger partial charge in [0.2, 0.25) is 0 Å². The molecule has 190 valence electrons. The van der Waals surface area contributed by atoms with E-state index in [1.165, 1.54) is 5.56 Å². The average molecular weight is 483 g/mol. The third-order valence-electron chi connectivity index (χ3n) is 6.96. The molecule has 0 aromatic heterocycles. The number of para-hydroxylation sites is 1. The molecule has 1 aliphatic heterocycles. The largest absolute Gasteiger partial charge is 0.489 e. The molecule has 2 aliphatic rings. The maximum absolute atomic E-state index is 12.0. The van der Waals surface area contributed by atoms with E-state index >= 15 is 0 Å².